The zero-order chi connectivity index (χ0) is 16.8. The fourth-order valence-corrected chi connectivity index (χ4v) is 2.01. The summed E-state index contributed by atoms with van der Waals surface area (Å²) in [5, 5.41) is 13.9. The van der Waals surface area contributed by atoms with E-state index in [2.05, 4.69) is 20.8 Å². The van der Waals surface area contributed by atoms with Gasteiger partial charge in [0.05, 0.1) is 5.69 Å². The first-order valence-corrected chi connectivity index (χ1v) is 7.79. The lowest BCUT2D eigenvalue weighted by molar-refractivity contribution is 0.0948. The maximum absolute atomic E-state index is 12.3. The molecule has 0 aliphatic rings. The summed E-state index contributed by atoms with van der Waals surface area (Å²) in [4.78, 5) is 24.4. The Kier molecular flexibility index (Phi) is 5.51. The molecule has 0 aliphatic heterocycles. The average molecular weight is 318 g/mol. The zero-order valence-corrected chi connectivity index (χ0v) is 13.7. The Morgan fingerprint density at radius 1 is 1.09 bits per heavy atom. The van der Waals surface area contributed by atoms with Crippen LogP contribution in [-0.4, -0.2) is 37.9 Å². The Hall–Kier alpha value is -2.64. The van der Waals surface area contributed by atoms with E-state index in [-0.39, 0.29) is 17.5 Å². The van der Waals surface area contributed by atoms with Crippen molar-refractivity contribution < 1.29 is 9.59 Å². The van der Waals surface area contributed by atoms with Gasteiger partial charge in [-0.3, -0.25) is 19.0 Å². The van der Waals surface area contributed by atoms with Gasteiger partial charge in [0.1, 0.15) is 0 Å². The van der Waals surface area contributed by atoms with Gasteiger partial charge < -0.3 is 10.6 Å². The number of hydrogen-bond acceptors (Lipinski definition) is 4. The van der Waals surface area contributed by atoms with E-state index < -0.39 is 0 Å². The molecule has 0 fully saturated rings. The van der Waals surface area contributed by atoms with Gasteiger partial charge in [-0.15, -0.1) is 0 Å². The smallest absolute Gasteiger partial charge is 0.276 e. The van der Waals surface area contributed by atoms with E-state index in [1.54, 1.807) is 27.8 Å². The van der Waals surface area contributed by atoms with Gasteiger partial charge in [-0.1, -0.05) is 6.92 Å². The Morgan fingerprint density at radius 2 is 1.83 bits per heavy atom. The number of nitrogens with zero attached hydrogens (tertiary/aromatic N) is 4. The first-order chi connectivity index (χ1) is 11.1. The van der Waals surface area contributed by atoms with Crippen LogP contribution in [0.15, 0.2) is 18.5 Å². The second kappa shape index (κ2) is 7.57. The van der Waals surface area contributed by atoms with Crippen molar-refractivity contribution in [2.45, 2.75) is 40.3 Å². The largest absolute Gasteiger partial charge is 0.351 e. The van der Waals surface area contributed by atoms with Crippen molar-refractivity contribution in [1.82, 2.24) is 24.9 Å². The molecule has 0 unspecified atom stereocenters. The Labute approximate surface area is 134 Å². The first-order valence-electron chi connectivity index (χ1n) is 7.79. The summed E-state index contributed by atoms with van der Waals surface area (Å²) in [6.45, 7) is 7.68. The van der Waals surface area contributed by atoms with Crippen LogP contribution in [0.3, 0.4) is 0 Å². The van der Waals surface area contributed by atoms with E-state index in [1.807, 2.05) is 20.8 Å². The van der Waals surface area contributed by atoms with Crippen LogP contribution in [0.5, 0.6) is 0 Å². The van der Waals surface area contributed by atoms with Crippen molar-refractivity contribution in [3.8, 4) is 0 Å². The summed E-state index contributed by atoms with van der Waals surface area (Å²) in [5.74, 6) is -0.661. The minimum atomic E-state index is -0.364. The number of aromatic nitrogens is 4. The predicted molar refractivity (Wildman–Crippen MR) is 86.4 cm³/mol. The highest BCUT2D eigenvalue weighted by Gasteiger charge is 2.19. The Bertz CT molecular complexity index is 688. The van der Waals surface area contributed by atoms with E-state index in [1.165, 1.54) is 0 Å². The van der Waals surface area contributed by atoms with Crippen LogP contribution in [0, 0.1) is 0 Å². The monoisotopic (exact) mass is 318 g/mol. The summed E-state index contributed by atoms with van der Waals surface area (Å²) in [5.41, 5.74) is 0.899. The van der Waals surface area contributed by atoms with Gasteiger partial charge in [-0.2, -0.15) is 10.2 Å². The molecule has 8 nitrogen and oxygen atoms in total. The molecular weight excluding hydrogens is 296 g/mol. The number of amides is 2. The molecule has 2 rings (SSSR count). The normalized spacial score (nSPS) is 10.6. The standard InChI is InChI=1S/C15H22N6O2/c1-4-8-16-15(23)13-12(10-21(6-3)19-13)17-14(22)11-7-9-20(5-2)18-11/h7,9-10H,4-6,8H2,1-3H3,(H,16,23)(H,17,22). The summed E-state index contributed by atoms with van der Waals surface area (Å²) in [6.07, 6.45) is 4.21. The number of hydrogen-bond donors (Lipinski definition) is 2. The van der Waals surface area contributed by atoms with Gasteiger partial charge in [0.2, 0.25) is 0 Å². The number of carbonyl (C=O) groups excluding carboxylic acids is 2. The number of carbonyl (C=O) groups is 2. The summed E-state index contributed by atoms with van der Waals surface area (Å²) >= 11 is 0. The number of anilines is 1. The number of nitrogens with one attached hydrogen (secondary N) is 2. The SMILES string of the molecule is CCCNC(=O)c1nn(CC)cc1NC(=O)c1ccn(CC)n1. The molecule has 0 aliphatic carbocycles. The van der Waals surface area contributed by atoms with E-state index >= 15 is 0 Å². The number of aryl methyl sites for hydroxylation is 2. The Balaban J connectivity index is 2.19. The second-order valence-corrected chi connectivity index (χ2v) is 5.01. The quantitative estimate of drug-likeness (QED) is 0.809. The topological polar surface area (TPSA) is 93.8 Å². The molecule has 0 bridgehead atoms. The molecule has 2 heterocycles. The molecule has 23 heavy (non-hydrogen) atoms. The highest BCUT2D eigenvalue weighted by Crippen LogP contribution is 2.15. The third kappa shape index (κ3) is 3.97. The molecule has 124 valence electrons. The molecule has 8 heteroatoms. The van der Waals surface area contributed by atoms with E-state index in [4.69, 9.17) is 0 Å². The highest BCUT2D eigenvalue weighted by atomic mass is 16.2. The van der Waals surface area contributed by atoms with Gasteiger partial charge in [0, 0.05) is 32.0 Å². The fourth-order valence-electron chi connectivity index (χ4n) is 2.01. The molecule has 0 aromatic carbocycles. The second-order valence-electron chi connectivity index (χ2n) is 5.01. The molecule has 0 atom stereocenters. The lowest BCUT2D eigenvalue weighted by Gasteiger charge is -2.04. The molecule has 0 saturated carbocycles. The molecule has 2 N–H and O–H groups in total. The lowest BCUT2D eigenvalue weighted by atomic mass is 10.3. The van der Waals surface area contributed by atoms with E-state index in [0.29, 0.717) is 31.0 Å². The van der Waals surface area contributed by atoms with Crippen LogP contribution in [0.25, 0.3) is 0 Å². The van der Waals surface area contributed by atoms with Crippen LogP contribution >= 0.6 is 0 Å². The van der Waals surface area contributed by atoms with Crippen molar-refractivity contribution in [3.05, 3.63) is 29.8 Å². The van der Waals surface area contributed by atoms with Crippen LogP contribution in [-0.2, 0) is 13.1 Å². The van der Waals surface area contributed by atoms with E-state index in [0.717, 1.165) is 6.42 Å². The van der Waals surface area contributed by atoms with Crippen LogP contribution in [0.4, 0.5) is 5.69 Å². The summed E-state index contributed by atoms with van der Waals surface area (Å²) in [7, 11) is 0. The van der Waals surface area contributed by atoms with Crippen molar-refractivity contribution in [3.63, 3.8) is 0 Å². The molecule has 2 amide bonds. The highest BCUT2D eigenvalue weighted by molar-refractivity contribution is 6.07. The van der Waals surface area contributed by atoms with Crippen molar-refractivity contribution in [1.29, 1.82) is 0 Å². The fraction of sp³-hybridized carbons (Fsp3) is 0.467. The number of rotatable bonds is 7. The molecule has 0 spiro atoms. The summed E-state index contributed by atoms with van der Waals surface area (Å²) in [6, 6.07) is 1.64. The van der Waals surface area contributed by atoms with Gasteiger partial charge in [0.25, 0.3) is 11.8 Å². The van der Waals surface area contributed by atoms with Crippen LogP contribution in [0.1, 0.15) is 48.2 Å². The maximum Gasteiger partial charge on any atom is 0.276 e. The maximum atomic E-state index is 12.3. The third-order valence-electron chi connectivity index (χ3n) is 3.28. The summed E-state index contributed by atoms with van der Waals surface area (Å²) < 4.78 is 3.28. The van der Waals surface area contributed by atoms with Gasteiger partial charge >= 0.3 is 0 Å². The van der Waals surface area contributed by atoms with Crippen molar-refractivity contribution >= 4 is 17.5 Å². The van der Waals surface area contributed by atoms with Gasteiger partial charge in [0.15, 0.2) is 11.4 Å². The first kappa shape index (κ1) is 16.7. The molecule has 0 radical (unpaired) electrons. The van der Waals surface area contributed by atoms with Crippen LogP contribution < -0.4 is 10.6 Å². The van der Waals surface area contributed by atoms with Crippen molar-refractivity contribution in [2.75, 3.05) is 11.9 Å². The van der Waals surface area contributed by atoms with Crippen molar-refractivity contribution in [2.24, 2.45) is 0 Å². The van der Waals surface area contributed by atoms with Gasteiger partial charge in [-0.25, -0.2) is 0 Å². The molecular formula is C15H22N6O2. The Morgan fingerprint density at radius 3 is 2.43 bits per heavy atom. The lowest BCUT2D eigenvalue weighted by Crippen LogP contribution is -2.26. The molecule has 2 aromatic heterocycles. The van der Waals surface area contributed by atoms with Gasteiger partial charge in [-0.05, 0) is 26.3 Å². The van der Waals surface area contributed by atoms with Crippen LogP contribution in [0.2, 0.25) is 0 Å². The zero-order valence-electron chi connectivity index (χ0n) is 13.7. The average Bonchev–Trinajstić information content (AvgIpc) is 3.19. The minimum Gasteiger partial charge on any atom is -0.351 e. The third-order valence-corrected chi connectivity index (χ3v) is 3.28. The molecule has 0 saturated heterocycles. The molecule has 2 aromatic rings. The van der Waals surface area contributed by atoms with E-state index in [9.17, 15) is 9.59 Å². The predicted octanol–water partition coefficient (Wildman–Crippen LogP) is 1.51. The minimum absolute atomic E-state index is 0.212.